The van der Waals surface area contributed by atoms with Crippen LogP contribution >= 0.6 is 11.3 Å². The SMILES string of the molecule is Cc1cc(C)c(C)c(-c2csc(C(N)=O)n2)c1C. The van der Waals surface area contributed by atoms with Crippen molar-refractivity contribution in [3.63, 3.8) is 0 Å². The Morgan fingerprint density at radius 3 is 2.17 bits per heavy atom. The second kappa shape index (κ2) is 4.53. The lowest BCUT2D eigenvalue weighted by molar-refractivity contribution is 0.1000. The van der Waals surface area contributed by atoms with E-state index >= 15 is 0 Å². The average molecular weight is 260 g/mol. The van der Waals surface area contributed by atoms with Crippen molar-refractivity contribution in [3.8, 4) is 11.3 Å². The molecule has 0 unspecified atom stereocenters. The molecule has 1 amide bonds. The molecule has 0 radical (unpaired) electrons. The molecule has 0 saturated carbocycles. The minimum Gasteiger partial charge on any atom is -0.364 e. The maximum Gasteiger partial charge on any atom is 0.277 e. The number of amides is 1. The lowest BCUT2D eigenvalue weighted by Crippen LogP contribution is -2.10. The summed E-state index contributed by atoms with van der Waals surface area (Å²) in [6.07, 6.45) is 0. The number of benzene rings is 1. The van der Waals surface area contributed by atoms with Gasteiger partial charge in [0.2, 0.25) is 0 Å². The first kappa shape index (κ1) is 12.8. The van der Waals surface area contributed by atoms with Crippen LogP contribution in [0.5, 0.6) is 0 Å². The molecule has 2 N–H and O–H groups in total. The number of hydrogen-bond acceptors (Lipinski definition) is 3. The third-order valence-electron chi connectivity index (χ3n) is 3.34. The fourth-order valence-electron chi connectivity index (χ4n) is 2.10. The Bertz CT molecular complexity index is 603. The highest BCUT2D eigenvalue weighted by Gasteiger charge is 2.15. The third-order valence-corrected chi connectivity index (χ3v) is 4.19. The fraction of sp³-hybridized carbons (Fsp3) is 0.286. The molecule has 0 saturated heterocycles. The van der Waals surface area contributed by atoms with Crippen molar-refractivity contribution in [2.24, 2.45) is 5.73 Å². The van der Waals surface area contributed by atoms with Gasteiger partial charge in [-0.05, 0) is 49.9 Å². The summed E-state index contributed by atoms with van der Waals surface area (Å²) in [6, 6.07) is 2.18. The summed E-state index contributed by atoms with van der Waals surface area (Å²) in [5.74, 6) is -0.467. The Morgan fingerprint density at radius 2 is 1.72 bits per heavy atom. The molecule has 0 atom stereocenters. The van der Waals surface area contributed by atoms with Crippen LogP contribution in [-0.2, 0) is 0 Å². The first-order valence-corrected chi connectivity index (χ1v) is 6.63. The minimum absolute atomic E-state index is 0.364. The first-order chi connectivity index (χ1) is 8.41. The van der Waals surface area contributed by atoms with Gasteiger partial charge in [0.15, 0.2) is 5.01 Å². The molecule has 94 valence electrons. The zero-order valence-electron chi connectivity index (χ0n) is 11.0. The first-order valence-electron chi connectivity index (χ1n) is 5.75. The maximum absolute atomic E-state index is 11.1. The molecule has 0 spiro atoms. The standard InChI is InChI=1S/C14H16N2OS/c1-7-5-8(2)10(4)12(9(7)3)11-6-18-14(16-11)13(15)17/h5-6H,1-4H3,(H2,15,17). The quantitative estimate of drug-likeness (QED) is 0.901. The summed E-state index contributed by atoms with van der Waals surface area (Å²) in [5.41, 5.74) is 12.1. The van der Waals surface area contributed by atoms with E-state index in [0.717, 1.165) is 11.3 Å². The van der Waals surface area contributed by atoms with Crippen LogP contribution in [-0.4, -0.2) is 10.9 Å². The van der Waals surface area contributed by atoms with Crippen molar-refractivity contribution in [2.75, 3.05) is 0 Å². The van der Waals surface area contributed by atoms with Crippen LogP contribution in [0.2, 0.25) is 0 Å². The number of thiazole rings is 1. The number of rotatable bonds is 2. The molecule has 1 aromatic heterocycles. The molecule has 2 aromatic rings. The molecule has 3 nitrogen and oxygen atoms in total. The molecule has 2 rings (SSSR count). The zero-order valence-corrected chi connectivity index (χ0v) is 11.8. The smallest absolute Gasteiger partial charge is 0.277 e. The monoisotopic (exact) mass is 260 g/mol. The molecule has 0 bridgehead atoms. The predicted molar refractivity (Wildman–Crippen MR) is 75.0 cm³/mol. The van der Waals surface area contributed by atoms with Gasteiger partial charge in [-0.15, -0.1) is 11.3 Å². The Labute approximate surface area is 111 Å². The van der Waals surface area contributed by atoms with E-state index in [1.165, 1.54) is 33.6 Å². The van der Waals surface area contributed by atoms with Crippen LogP contribution in [0.3, 0.4) is 0 Å². The Hall–Kier alpha value is -1.68. The van der Waals surface area contributed by atoms with Gasteiger partial charge < -0.3 is 5.73 Å². The average Bonchev–Trinajstić information content (AvgIpc) is 2.76. The Kier molecular flexibility index (Phi) is 3.22. The largest absolute Gasteiger partial charge is 0.364 e. The highest BCUT2D eigenvalue weighted by Crippen LogP contribution is 2.32. The van der Waals surface area contributed by atoms with Crippen molar-refractivity contribution in [1.29, 1.82) is 0 Å². The summed E-state index contributed by atoms with van der Waals surface area (Å²) in [4.78, 5) is 15.4. The fourth-order valence-corrected chi connectivity index (χ4v) is 2.76. The molecule has 1 heterocycles. The second-order valence-electron chi connectivity index (χ2n) is 4.54. The van der Waals surface area contributed by atoms with E-state index in [9.17, 15) is 4.79 Å². The van der Waals surface area contributed by atoms with Gasteiger partial charge in [-0.1, -0.05) is 6.07 Å². The van der Waals surface area contributed by atoms with E-state index in [1.807, 2.05) is 5.38 Å². The lowest BCUT2D eigenvalue weighted by atomic mass is 9.93. The number of nitrogens with two attached hydrogens (primary N) is 1. The van der Waals surface area contributed by atoms with Gasteiger partial charge in [-0.2, -0.15) is 0 Å². The normalized spacial score (nSPS) is 10.7. The van der Waals surface area contributed by atoms with Gasteiger partial charge in [0.25, 0.3) is 5.91 Å². The molecule has 4 heteroatoms. The molecule has 18 heavy (non-hydrogen) atoms. The third kappa shape index (κ3) is 2.04. The van der Waals surface area contributed by atoms with Gasteiger partial charge in [0.1, 0.15) is 0 Å². The van der Waals surface area contributed by atoms with Crippen LogP contribution < -0.4 is 5.73 Å². The van der Waals surface area contributed by atoms with E-state index in [2.05, 4.69) is 38.7 Å². The highest BCUT2D eigenvalue weighted by atomic mass is 32.1. The molecule has 0 fully saturated rings. The molecule has 0 aliphatic rings. The molecule has 1 aromatic carbocycles. The number of carbonyl (C=O) groups excluding carboxylic acids is 1. The minimum atomic E-state index is -0.467. The second-order valence-corrected chi connectivity index (χ2v) is 5.40. The van der Waals surface area contributed by atoms with Crippen LogP contribution in [0.1, 0.15) is 32.1 Å². The number of carbonyl (C=O) groups is 1. The summed E-state index contributed by atoms with van der Waals surface area (Å²) < 4.78 is 0. The summed E-state index contributed by atoms with van der Waals surface area (Å²) in [5, 5.41) is 2.26. The van der Waals surface area contributed by atoms with Crippen molar-refractivity contribution in [1.82, 2.24) is 4.98 Å². The van der Waals surface area contributed by atoms with E-state index in [1.54, 1.807) is 0 Å². The number of aryl methyl sites for hydroxylation is 2. The highest BCUT2D eigenvalue weighted by molar-refractivity contribution is 7.12. The molecule has 0 aliphatic carbocycles. The molecule has 0 aliphatic heterocycles. The number of nitrogens with zero attached hydrogens (tertiary/aromatic N) is 1. The number of primary amides is 1. The summed E-state index contributed by atoms with van der Waals surface area (Å²) in [6.45, 7) is 8.35. The van der Waals surface area contributed by atoms with E-state index in [4.69, 9.17) is 5.73 Å². The summed E-state index contributed by atoms with van der Waals surface area (Å²) in [7, 11) is 0. The topological polar surface area (TPSA) is 56.0 Å². The summed E-state index contributed by atoms with van der Waals surface area (Å²) >= 11 is 1.30. The van der Waals surface area contributed by atoms with Crippen LogP contribution in [0.4, 0.5) is 0 Å². The molecular formula is C14H16N2OS. The number of hydrogen-bond donors (Lipinski definition) is 1. The van der Waals surface area contributed by atoms with Crippen molar-refractivity contribution >= 4 is 17.2 Å². The van der Waals surface area contributed by atoms with E-state index in [0.29, 0.717) is 5.01 Å². The molecular weight excluding hydrogens is 244 g/mol. The Morgan fingerprint density at radius 1 is 1.17 bits per heavy atom. The zero-order chi connectivity index (χ0) is 13.4. The van der Waals surface area contributed by atoms with Gasteiger partial charge in [-0.3, -0.25) is 4.79 Å². The lowest BCUT2D eigenvalue weighted by Gasteiger charge is -2.13. The van der Waals surface area contributed by atoms with Gasteiger partial charge in [0, 0.05) is 10.9 Å². The number of aromatic nitrogens is 1. The van der Waals surface area contributed by atoms with Crippen molar-refractivity contribution < 1.29 is 4.79 Å². The van der Waals surface area contributed by atoms with Crippen LogP contribution in [0, 0.1) is 27.7 Å². The van der Waals surface area contributed by atoms with E-state index in [-0.39, 0.29) is 0 Å². The Balaban J connectivity index is 2.66. The van der Waals surface area contributed by atoms with Crippen molar-refractivity contribution in [3.05, 3.63) is 38.7 Å². The van der Waals surface area contributed by atoms with Gasteiger partial charge in [0.05, 0.1) is 5.69 Å². The van der Waals surface area contributed by atoms with Crippen LogP contribution in [0.15, 0.2) is 11.4 Å². The predicted octanol–water partition coefficient (Wildman–Crippen LogP) is 3.14. The van der Waals surface area contributed by atoms with Gasteiger partial charge in [-0.25, -0.2) is 4.98 Å². The maximum atomic E-state index is 11.1. The van der Waals surface area contributed by atoms with Crippen molar-refractivity contribution in [2.45, 2.75) is 27.7 Å². The van der Waals surface area contributed by atoms with Crippen LogP contribution in [0.25, 0.3) is 11.3 Å². The van der Waals surface area contributed by atoms with E-state index < -0.39 is 5.91 Å². The van der Waals surface area contributed by atoms with Gasteiger partial charge >= 0.3 is 0 Å².